The minimum absolute atomic E-state index is 0.0296. The van der Waals surface area contributed by atoms with E-state index in [4.69, 9.17) is 4.74 Å². The molecule has 1 N–H and O–H groups in total. The quantitative estimate of drug-likeness (QED) is 0.312. The fourth-order valence-electron chi connectivity index (χ4n) is 2.06. The topological polar surface area (TPSA) is 98.5 Å². The molecule has 0 saturated carbocycles. The summed E-state index contributed by atoms with van der Waals surface area (Å²) in [5.74, 6) is -3.05. The van der Waals surface area contributed by atoms with Crippen LogP contribution >= 0.6 is 11.8 Å². The van der Waals surface area contributed by atoms with Crippen molar-refractivity contribution in [3.8, 4) is 5.75 Å². The zero-order valence-corrected chi connectivity index (χ0v) is 14.7. The summed E-state index contributed by atoms with van der Waals surface area (Å²) < 4.78 is 30.0. The summed E-state index contributed by atoms with van der Waals surface area (Å²) in [6.45, 7) is 1.44. The molecular weight excluding hydrogens is 382 g/mol. The lowest BCUT2D eigenvalue weighted by Crippen LogP contribution is -2.30. The molecule has 7 nitrogen and oxygen atoms in total. The molecule has 0 aliphatic rings. The molecule has 2 rings (SSSR count). The number of ether oxygens (including phenoxy) is 1. The number of thioether (sulfide) groups is 1. The third-order valence-electron chi connectivity index (χ3n) is 3.35. The average molecular weight is 396 g/mol. The van der Waals surface area contributed by atoms with Crippen LogP contribution in [-0.2, 0) is 4.79 Å². The number of alkyl halides is 2. The van der Waals surface area contributed by atoms with Crippen molar-refractivity contribution in [1.82, 2.24) is 0 Å². The van der Waals surface area contributed by atoms with Crippen molar-refractivity contribution in [2.45, 2.75) is 23.7 Å². The van der Waals surface area contributed by atoms with E-state index in [-0.39, 0.29) is 17.0 Å². The third kappa shape index (κ3) is 5.74. The highest BCUT2D eigenvalue weighted by Gasteiger charge is 2.18. The molecule has 27 heavy (non-hydrogen) atoms. The monoisotopic (exact) mass is 396 g/mol. The number of hydrogen-bond donors (Lipinski definition) is 1. The number of halogens is 2. The van der Waals surface area contributed by atoms with Gasteiger partial charge in [-0.15, -0.1) is 0 Å². The van der Waals surface area contributed by atoms with Crippen molar-refractivity contribution in [3.63, 3.8) is 0 Å². The Morgan fingerprint density at radius 2 is 1.93 bits per heavy atom. The van der Waals surface area contributed by atoms with E-state index in [0.29, 0.717) is 28.6 Å². The normalized spacial score (nSPS) is 11.7. The molecule has 0 aromatic heterocycles. The van der Waals surface area contributed by atoms with E-state index in [1.54, 1.807) is 0 Å². The van der Waals surface area contributed by atoms with Gasteiger partial charge in [-0.3, -0.25) is 19.7 Å². The van der Waals surface area contributed by atoms with Crippen LogP contribution in [0.25, 0.3) is 0 Å². The Hall–Kier alpha value is -3.01. The number of nitro benzene ring substituents is 1. The van der Waals surface area contributed by atoms with E-state index in [9.17, 15) is 28.5 Å². The zero-order valence-electron chi connectivity index (χ0n) is 13.9. The number of hydrogen-bond acceptors (Lipinski definition) is 6. The second-order valence-corrected chi connectivity index (χ2v) is 6.31. The van der Waals surface area contributed by atoms with Gasteiger partial charge >= 0.3 is 0 Å². The first kappa shape index (κ1) is 20.3. The Kier molecular flexibility index (Phi) is 6.83. The van der Waals surface area contributed by atoms with Crippen LogP contribution in [0, 0.1) is 10.1 Å². The van der Waals surface area contributed by atoms with Crippen LogP contribution in [0.4, 0.5) is 20.2 Å². The Balaban J connectivity index is 2.03. The number of amides is 1. The predicted molar refractivity (Wildman–Crippen MR) is 95.5 cm³/mol. The Morgan fingerprint density at radius 1 is 1.26 bits per heavy atom. The first-order valence-electron chi connectivity index (χ1n) is 7.56. The number of nitrogens with one attached hydrogen (secondary N) is 1. The van der Waals surface area contributed by atoms with Crippen molar-refractivity contribution in [1.29, 1.82) is 0 Å². The molecular formula is C17H14F2N2O5S. The SMILES string of the molecule is C[C@@H](Oc1ccc([N+](=O)[O-])cc1C=O)C(=O)Nc1ccc(SC(F)F)cc1. The van der Waals surface area contributed by atoms with E-state index >= 15 is 0 Å². The van der Waals surface area contributed by atoms with Gasteiger partial charge in [-0.2, -0.15) is 8.78 Å². The fraction of sp³-hybridized carbons (Fsp3) is 0.176. The number of rotatable bonds is 8. The first-order chi connectivity index (χ1) is 12.8. The van der Waals surface area contributed by atoms with Gasteiger partial charge in [-0.25, -0.2) is 0 Å². The highest BCUT2D eigenvalue weighted by atomic mass is 32.2. The lowest BCUT2D eigenvalue weighted by atomic mass is 10.2. The van der Waals surface area contributed by atoms with Gasteiger partial charge in [0.15, 0.2) is 12.4 Å². The fourth-order valence-corrected chi connectivity index (χ4v) is 2.56. The Labute approximate surface area is 156 Å². The molecule has 0 spiro atoms. The lowest BCUT2D eigenvalue weighted by Gasteiger charge is -2.16. The van der Waals surface area contributed by atoms with Crippen LogP contribution in [0.3, 0.4) is 0 Å². The third-order valence-corrected chi connectivity index (χ3v) is 4.07. The van der Waals surface area contributed by atoms with Gasteiger partial charge in [0.05, 0.1) is 10.5 Å². The molecule has 0 aliphatic carbocycles. The molecule has 0 saturated heterocycles. The van der Waals surface area contributed by atoms with E-state index in [0.717, 1.165) is 12.1 Å². The summed E-state index contributed by atoms with van der Waals surface area (Å²) in [6.07, 6.45) is -0.618. The Morgan fingerprint density at radius 3 is 2.48 bits per heavy atom. The maximum atomic E-state index is 12.3. The molecule has 0 radical (unpaired) electrons. The van der Waals surface area contributed by atoms with E-state index in [1.165, 1.54) is 37.3 Å². The lowest BCUT2D eigenvalue weighted by molar-refractivity contribution is -0.384. The summed E-state index contributed by atoms with van der Waals surface area (Å²) in [6, 6.07) is 9.27. The molecule has 0 bridgehead atoms. The van der Waals surface area contributed by atoms with Gasteiger partial charge in [-0.05, 0) is 37.3 Å². The number of carbonyl (C=O) groups excluding carboxylic acids is 2. The van der Waals surface area contributed by atoms with Gasteiger partial charge in [0.25, 0.3) is 17.4 Å². The predicted octanol–water partition coefficient (Wildman–Crippen LogP) is 4.13. The molecule has 2 aromatic rings. The highest BCUT2D eigenvalue weighted by molar-refractivity contribution is 7.99. The van der Waals surface area contributed by atoms with Crippen molar-refractivity contribution < 1.29 is 28.0 Å². The highest BCUT2D eigenvalue weighted by Crippen LogP contribution is 2.27. The van der Waals surface area contributed by atoms with Crippen LogP contribution in [-0.4, -0.2) is 29.0 Å². The number of nitro groups is 1. The van der Waals surface area contributed by atoms with Gasteiger partial charge in [0.1, 0.15) is 5.75 Å². The van der Waals surface area contributed by atoms with Crippen molar-refractivity contribution in [2.24, 2.45) is 0 Å². The first-order valence-corrected chi connectivity index (χ1v) is 8.44. The van der Waals surface area contributed by atoms with E-state index in [1.807, 2.05) is 0 Å². The van der Waals surface area contributed by atoms with E-state index < -0.39 is 22.7 Å². The second kappa shape index (κ2) is 9.08. The molecule has 0 heterocycles. The maximum absolute atomic E-state index is 12.3. The maximum Gasteiger partial charge on any atom is 0.288 e. The Bertz CT molecular complexity index is 846. The number of non-ortho nitro benzene ring substituents is 1. The van der Waals surface area contributed by atoms with Gasteiger partial charge in [-0.1, -0.05) is 11.8 Å². The van der Waals surface area contributed by atoms with Crippen molar-refractivity contribution >= 4 is 35.3 Å². The van der Waals surface area contributed by atoms with Crippen LogP contribution in [0.2, 0.25) is 0 Å². The molecule has 1 atom stereocenters. The average Bonchev–Trinajstić information content (AvgIpc) is 2.62. The molecule has 10 heteroatoms. The summed E-state index contributed by atoms with van der Waals surface area (Å²) in [5.41, 5.74) is 0.0499. The van der Waals surface area contributed by atoms with Crippen LogP contribution in [0.5, 0.6) is 5.75 Å². The van der Waals surface area contributed by atoms with Gasteiger partial charge < -0.3 is 10.1 Å². The molecule has 0 fully saturated rings. The minimum Gasteiger partial charge on any atom is -0.480 e. The van der Waals surface area contributed by atoms with Crippen LogP contribution in [0.1, 0.15) is 17.3 Å². The van der Waals surface area contributed by atoms with Gasteiger partial charge in [0, 0.05) is 22.7 Å². The smallest absolute Gasteiger partial charge is 0.288 e. The van der Waals surface area contributed by atoms with Crippen LogP contribution < -0.4 is 10.1 Å². The molecule has 1 amide bonds. The van der Waals surface area contributed by atoms with Crippen molar-refractivity contribution in [2.75, 3.05) is 5.32 Å². The summed E-state index contributed by atoms with van der Waals surface area (Å²) in [5, 5.41) is 13.3. The molecule has 0 unspecified atom stereocenters. The molecule has 2 aromatic carbocycles. The number of nitrogens with zero attached hydrogens (tertiary/aromatic N) is 1. The van der Waals surface area contributed by atoms with Gasteiger partial charge in [0.2, 0.25) is 0 Å². The largest absolute Gasteiger partial charge is 0.480 e. The number of aldehydes is 1. The standard InChI is InChI=1S/C17H14F2N2O5S/c1-10(26-15-7-4-13(21(24)25)8-11(15)9-22)16(23)20-12-2-5-14(6-3-12)27-17(18)19/h2-10,17H,1H3,(H,20,23)/t10-/m1/s1. The van der Waals surface area contributed by atoms with E-state index in [2.05, 4.69) is 5.32 Å². The number of benzene rings is 2. The summed E-state index contributed by atoms with van der Waals surface area (Å²) >= 11 is 0.390. The molecule has 0 aliphatic heterocycles. The molecule has 142 valence electrons. The number of carbonyl (C=O) groups is 2. The zero-order chi connectivity index (χ0) is 20.0. The summed E-state index contributed by atoms with van der Waals surface area (Å²) in [4.78, 5) is 33.7. The minimum atomic E-state index is -2.53. The van der Waals surface area contributed by atoms with Crippen molar-refractivity contribution in [3.05, 3.63) is 58.1 Å². The van der Waals surface area contributed by atoms with Crippen LogP contribution in [0.15, 0.2) is 47.4 Å². The number of anilines is 1. The summed E-state index contributed by atoms with van der Waals surface area (Å²) in [7, 11) is 0. The second-order valence-electron chi connectivity index (χ2n) is 5.25.